The third-order valence-electron chi connectivity index (χ3n) is 2.50. The first-order valence-electron chi connectivity index (χ1n) is 5.70. The lowest BCUT2D eigenvalue weighted by atomic mass is 9.94. The van der Waals surface area contributed by atoms with Crippen molar-refractivity contribution in [2.45, 2.75) is 25.6 Å². The number of hydrogen-bond acceptors (Lipinski definition) is 4. The SMILES string of the molecule is CC(C)(OC(=O)/C=C/C(=O)O)C(O)c1ccccc1. The van der Waals surface area contributed by atoms with Gasteiger partial charge in [-0.15, -0.1) is 0 Å². The number of benzene rings is 1. The Morgan fingerprint density at radius 1 is 1.21 bits per heavy atom. The number of carboxylic acid groups (broad SMARTS) is 1. The van der Waals surface area contributed by atoms with Crippen LogP contribution in [0.4, 0.5) is 0 Å². The van der Waals surface area contributed by atoms with Crippen LogP contribution in [0.25, 0.3) is 0 Å². The maximum absolute atomic E-state index is 11.4. The minimum absolute atomic E-state index is 0.613. The van der Waals surface area contributed by atoms with Crippen LogP contribution in [-0.2, 0) is 14.3 Å². The number of aliphatic carboxylic acids is 1. The van der Waals surface area contributed by atoms with Crippen molar-refractivity contribution in [1.29, 1.82) is 0 Å². The molecule has 1 aromatic carbocycles. The van der Waals surface area contributed by atoms with Crippen molar-refractivity contribution in [3.63, 3.8) is 0 Å². The van der Waals surface area contributed by atoms with Gasteiger partial charge in [0, 0.05) is 12.2 Å². The Hall–Kier alpha value is -2.14. The van der Waals surface area contributed by atoms with Crippen LogP contribution in [-0.4, -0.2) is 27.8 Å². The summed E-state index contributed by atoms with van der Waals surface area (Å²) in [5.41, 5.74) is -0.552. The van der Waals surface area contributed by atoms with E-state index in [-0.39, 0.29) is 0 Å². The Kier molecular flexibility index (Phi) is 4.83. The van der Waals surface area contributed by atoms with E-state index in [0.717, 1.165) is 6.08 Å². The quantitative estimate of drug-likeness (QED) is 0.624. The summed E-state index contributed by atoms with van der Waals surface area (Å²) < 4.78 is 5.07. The minimum Gasteiger partial charge on any atom is -0.478 e. The van der Waals surface area contributed by atoms with Crippen LogP contribution in [0.15, 0.2) is 42.5 Å². The van der Waals surface area contributed by atoms with Crippen LogP contribution in [0, 0.1) is 0 Å². The lowest BCUT2D eigenvalue weighted by Crippen LogP contribution is -2.34. The van der Waals surface area contributed by atoms with Crippen LogP contribution in [0.5, 0.6) is 0 Å². The zero-order chi connectivity index (χ0) is 14.5. The molecule has 0 amide bonds. The molecule has 0 aliphatic carbocycles. The summed E-state index contributed by atoms with van der Waals surface area (Å²) in [4.78, 5) is 21.7. The summed E-state index contributed by atoms with van der Waals surface area (Å²) in [6.45, 7) is 3.11. The molecule has 1 rings (SSSR count). The lowest BCUT2D eigenvalue weighted by molar-refractivity contribution is -0.162. The van der Waals surface area contributed by atoms with Gasteiger partial charge in [0.25, 0.3) is 0 Å². The highest BCUT2D eigenvalue weighted by atomic mass is 16.6. The number of aliphatic hydroxyl groups is 1. The Morgan fingerprint density at radius 3 is 2.32 bits per heavy atom. The fourth-order valence-corrected chi connectivity index (χ4v) is 1.53. The molecule has 5 heteroatoms. The van der Waals surface area contributed by atoms with Gasteiger partial charge in [0.15, 0.2) is 0 Å². The van der Waals surface area contributed by atoms with Crippen molar-refractivity contribution < 1.29 is 24.5 Å². The van der Waals surface area contributed by atoms with Gasteiger partial charge in [0.1, 0.15) is 11.7 Å². The molecule has 1 aromatic rings. The summed E-state index contributed by atoms with van der Waals surface area (Å²) >= 11 is 0. The molecule has 0 spiro atoms. The van der Waals surface area contributed by atoms with Crippen molar-refractivity contribution in [2.24, 2.45) is 0 Å². The zero-order valence-electron chi connectivity index (χ0n) is 10.7. The predicted octanol–water partition coefficient (Wildman–Crippen LogP) is 1.68. The highest BCUT2D eigenvalue weighted by molar-refractivity contribution is 5.90. The average Bonchev–Trinajstić information content (AvgIpc) is 2.36. The highest BCUT2D eigenvalue weighted by Gasteiger charge is 2.32. The minimum atomic E-state index is -1.24. The smallest absolute Gasteiger partial charge is 0.331 e. The number of esters is 1. The topological polar surface area (TPSA) is 83.8 Å². The van der Waals surface area contributed by atoms with Crippen LogP contribution in [0.2, 0.25) is 0 Å². The number of carbonyl (C=O) groups excluding carboxylic acids is 1. The number of hydrogen-bond donors (Lipinski definition) is 2. The summed E-state index contributed by atoms with van der Waals surface area (Å²) in [6.07, 6.45) is 0.491. The van der Waals surface area contributed by atoms with Gasteiger partial charge < -0.3 is 14.9 Å². The van der Waals surface area contributed by atoms with Gasteiger partial charge in [-0.1, -0.05) is 30.3 Å². The third kappa shape index (κ3) is 4.56. The predicted molar refractivity (Wildman–Crippen MR) is 68.3 cm³/mol. The molecule has 0 saturated heterocycles. The Labute approximate surface area is 111 Å². The van der Waals surface area contributed by atoms with Gasteiger partial charge in [-0.25, -0.2) is 9.59 Å². The van der Waals surface area contributed by atoms with Crippen molar-refractivity contribution in [2.75, 3.05) is 0 Å². The van der Waals surface area contributed by atoms with Crippen LogP contribution >= 0.6 is 0 Å². The molecular formula is C14H16O5. The summed E-state index contributed by atoms with van der Waals surface area (Å²) in [5, 5.41) is 18.6. The standard InChI is InChI=1S/C14H16O5/c1-14(2,19-12(17)9-8-11(15)16)13(18)10-6-4-3-5-7-10/h3-9,13,18H,1-2H3,(H,15,16)/b9-8+. The van der Waals surface area contributed by atoms with Crippen LogP contribution in [0.1, 0.15) is 25.5 Å². The van der Waals surface area contributed by atoms with Crippen LogP contribution < -0.4 is 0 Å². The normalized spacial score (nSPS) is 13.2. The first-order chi connectivity index (χ1) is 8.83. The second-order valence-electron chi connectivity index (χ2n) is 4.51. The average molecular weight is 264 g/mol. The molecule has 19 heavy (non-hydrogen) atoms. The molecule has 102 valence electrons. The van der Waals surface area contributed by atoms with Gasteiger partial charge in [0.2, 0.25) is 0 Å². The molecular weight excluding hydrogens is 248 g/mol. The van der Waals surface area contributed by atoms with Gasteiger partial charge in [0.05, 0.1) is 0 Å². The van der Waals surface area contributed by atoms with E-state index in [9.17, 15) is 14.7 Å². The second kappa shape index (κ2) is 6.15. The summed E-state index contributed by atoms with van der Waals surface area (Å²) in [7, 11) is 0. The fourth-order valence-electron chi connectivity index (χ4n) is 1.53. The molecule has 0 aliphatic rings. The Morgan fingerprint density at radius 2 is 1.79 bits per heavy atom. The van der Waals surface area contributed by atoms with E-state index in [1.54, 1.807) is 38.1 Å². The first-order valence-corrected chi connectivity index (χ1v) is 5.70. The second-order valence-corrected chi connectivity index (χ2v) is 4.51. The van der Waals surface area contributed by atoms with E-state index in [1.807, 2.05) is 6.07 Å². The number of rotatable bonds is 5. The molecule has 0 aliphatic heterocycles. The van der Waals surface area contributed by atoms with Gasteiger partial charge >= 0.3 is 11.9 Å². The van der Waals surface area contributed by atoms with E-state index >= 15 is 0 Å². The highest BCUT2D eigenvalue weighted by Crippen LogP contribution is 2.28. The maximum Gasteiger partial charge on any atom is 0.331 e. The molecule has 1 unspecified atom stereocenters. The number of aliphatic hydroxyl groups excluding tert-OH is 1. The zero-order valence-corrected chi connectivity index (χ0v) is 10.7. The van der Waals surface area contributed by atoms with Gasteiger partial charge in [-0.05, 0) is 19.4 Å². The van der Waals surface area contributed by atoms with Gasteiger partial charge in [-0.3, -0.25) is 0 Å². The van der Waals surface area contributed by atoms with Crippen molar-refractivity contribution >= 4 is 11.9 Å². The van der Waals surface area contributed by atoms with E-state index < -0.39 is 23.6 Å². The monoisotopic (exact) mass is 264 g/mol. The van der Waals surface area contributed by atoms with E-state index in [2.05, 4.69) is 0 Å². The fraction of sp³-hybridized carbons (Fsp3) is 0.286. The molecule has 0 saturated carbocycles. The molecule has 5 nitrogen and oxygen atoms in total. The largest absolute Gasteiger partial charge is 0.478 e. The molecule has 0 heterocycles. The first kappa shape index (κ1) is 14.9. The molecule has 0 aromatic heterocycles. The Bertz CT molecular complexity index is 476. The van der Waals surface area contributed by atoms with E-state index in [0.29, 0.717) is 11.6 Å². The molecule has 0 bridgehead atoms. The molecule has 2 N–H and O–H groups in total. The van der Waals surface area contributed by atoms with Crippen molar-refractivity contribution in [3.8, 4) is 0 Å². The molecule has 0 radical (unpaired) electrons. The number of carboxylic acids is 1. The third-order valence-corrected chi connectivity index (χ3v) is 2.50. The van der Waals surface area contributed by atoms with E-state index in [4.69, 9.17) is 9.84 Å². The molecule has 0 fully saturated rings. The van der Waals surface area contributed by atoms with E-state index in [1.165, 1.54) is 0 Å². The van der Waals surface area contributed by atoms with Crippen molar-refractivity contribution in [1.82, 2.24) is 0 Å². The lowest BCUT2D eigenvalue weighted by Gasteiger charge is -2.30. The van der Waals surface area contributed by atoms with Gasteiger partial charge in [-0.2, -0.15) is 0 Å². The Balaban J connectivity index is 2.75. The number of carbonyl (C=O) groups is 2. The van der Waals surface area contributed by atoms with Crippen LogP contribution in [0.3, 0.4) is 0 Å². The molecule has 1 atom stereocenters. The van der Waals surface area contributed by atoms with Crippen molar-refractivity contribution in [3.05, 3.63) is 48.0 Å². The maximum atomic E-state index is 11.4. The number of ether oxygens (including phenoxy) is 1. The summed E-state index contributed by atoms with van der Waals surface area (Å²) in [5.74, 6) is -2.05. The summed E-state index contributed by atoms with van der Waals surface area (Å²) in [6, 6.07) is 8.77.